The molecule has 0 spiro atoms. The number of unbranched alkanes of at least 4 members (excludes halogenated alkanes) is 2. The first kappa shape index (κ1) is 29.2. The Hall–Kier alpha value is -3.77. The molecule has 6 nitrogen and oxygen atoms in total. The summed E-state index contributed by atoms with van der Waals surface area (Å²) in [5.41, 5.74) is 5.33. The third-order valence-electron chi connectivity index (χ3n) is 7.67. The van der Waals surface area contributed by atoms with Gasteiger partial charge in [0.1, 0.15) is 5.82 Å². The van der Waals surface area contributed by atoms with E-state index in [2.05, 4.69) is 26.0 Å². The molecule has 4 aromatic rings. The molecular weight excluding hydrogens is 498 g/mol. The van der Waals surface area contributed by atoms with Crippen molar-refractivity contribution in [2.45, 2.75) is 65.8 Å². The third kappa shape index (κ3) is 6.50. The summed E-state index contributed by atoms with van der Waals surface area (Å²) in [5.74, 6) is 0.451. The van der Waals surface area contributed by atoms with Crippen LogP contribution in [0.2, 0.25) is 0 Å². The number of benzene rings is 3. The van der Waals surface area contributed by atoms with Crippen molar-refractivity contribution in [3.05, 3.63) is 105 Å². The van der Waals surface area contributed by atoms with Gasteiger partial charge in [-0.2, -0.15) is 0 Å². The Balaban J connectivity index is 1.78. The molecule has 0 fully saturated rings. The van der Waals surface area contributed by atoms with E-state index in [0.717, 1.165) is 29.7 Å². The standard InChI is InChI=1S/C34H41N3O3/c1-6-7-8-12-27-16-18-28(19-17-27)33(38)36(21-11-22-40-5)26(4)32-35-31-14-10-9-13-30(31)34(39)37(32)29-20-15-24(2)25(3)23-29/h9-10,13-20,23,26H,6-8,11-12,21-22H2,1-5H3. The molecule has 0 N–H and O–H groups in total. The topological polar surface area (TPSA) is 64.4 Å². The normalized spacial score (nSPS) is 12.0. The van der Waals surface area contributed by atoms with Gasteiger partial charge in [0.05, 0.1) is 22.6 Å². The van der Waals surface area contributed by atoms with Crippen LogP contribution in [0.5, 0.6) is 0 Å². The van der Waals surface area contributed by atoms with E-state index in [1.807, 2.05) is 67.3 Å². The first-order valence-corrected chi connectivity index (χ1v) is 14.3. The highest BCUT2D eigenvalue weighted by atomic mass is 16.5. The average Bonchev–Trinajstić information content (AvgIpc) is 2.97. The van der Waals surface area contributed by atoms with Crippen molar-refractivity contribution in [1.29, 1.82) is 0 Å². The quantitative estimate of drug-likeness (QED) is 0.182. The number of methoxy groups -OCH3 is 1. The van der Waals surface area contributed by atoms with E-state index in [4.69, 9.17) is 9.72 Å². The number of carbonyl (C=O) groups excluding carboxylic acids is 1. The Morgan fingerprint density at radius 1 is 0.975 bits per heavy atom. The monoisotopic (exact) mass is 539 g/mol. The number of ether oxygens (including phenoxy) is 1. The van der Waals surface area contributed by atoms with Crippen molar-refractivity contribution in [1.82, 2.24) is 14.5 Å². The molecule has 0 saturated heterocycles. The second kappa shape index (κ2) is 13.5. The van der Waals surface area contributed by atoms with Crippen molar-refractivity contribution >= 4 is 16.8 Å². The minimum atomic E-state index is -0.465. The molecule has 40 heavy (non-hydrogen) atoms. The lowest BCUT2D eigenvalue weighted by Gasteiger charge is -2.31. The maximum Gasteiger partial charge on any atom is 0.266 e. The zero-order valence-electron chi connectivity index (χ0n) is 24.4. The first-order chi connectivity index (χ1) is 19.3. The summed E-state index contributed by atoms with van der Waals surface area (Å²) in [6.07, 6.45) is 5.21. The fourth-order valence-corrected chi connectivity index (χ4v) is 5.09. The van der Waals surface area contributed by atoms with E-state index in [0.29, 0.717) is 41.9 Å². The van der Waals surface area contributed by atoms with Crippen LogP contribution in [-0.2, 0) is 11.2 Å². The summed E-state index contributed by atoms with van der Waals surface area (Å²) >= 11 is 0. The van der Waals surface area contributed by atoms with Crippen molar-refractivity contribution in [3.8, 4) is 5.69 Å². The van der Waals surface area contributed by atoms with Gasteiger partial charge in [0, 0.05) is 25.8 Å². The molecule has 1 atom stereocenters. The number of hydrogen-bond donors (Lipinski definition) is 0. The molecule has 1 heterocycles. The van der Waals surface area contributed by atoms with Gasteiger partial charge >= 0.3 is 0 Å². The molecule has 0 aliphatic rings. The molecule has 3 aromatic carbocycles. The van der Waals surface area contributed by atoms with Gasteiger partial charge in [0.25, 0.3) is 11.5 Å². The number of rotatable bonds is 12. The lowest BCUT2D eigenvalue weighted by molar-refractivity contribution is 0.0657. The second-order valence-electron chi connectivity index (χ2n) is 10.6. The van der Waals surface area contributed by atoms with Crippen LogP contribution < -0.4 is 5.56 Å². The molecular formula is C34H41N3O3. The predicted molar refractivity (Wildman–Crippen MR) is 162 cm³/mol. The predicted octanol–water partition coefficient (Wildman–Crippen LogP) is 6.98. The van der Waals surface area contributed by atoms with Gasteiger partial charge in [-0.3, -0.25) is 14.2 Å². The number of fused-ring (bicyclic) bond motifs is 1. The zero-order chi connectivity index (χ0) is 28.6. The van der Waals surface area contributed by atoms with Crippen LogP contribution in [0.15, 0.2) is 71.5 Å². The summed E-state index contributed by atoms with van der Waals surface area (Å²) in [7, 11) is 1.66. The Morgan fingerprint density at radius 3 is 2.42 bits per heavy atom. The van der Waals surface area contributed by atoms with Gasteiger partial charge < -0.3 is 9.64 Å². The maximum atomic E-state index is 14.0. The first-order valence-electron chi connectivity index (χ1n) is 14.3. The molecule has 0 aliphatic carbocycles. The summed E-state index contributed by atoms with van der Waals surface area (Å²) in [4.78, 5) is 34.7. The summed E-state index contributed by atoms with van der Waals surface area (Å²) < 4.78 is 6.98. The van der Waals surface area contributed by atoms with Gasteiger partial charge in [-0.1, -0.05) is 50.1 Å². The van der Waals surface area contributed by atoms with Crippen LogP contribution in [0.3, 0.4) is 0 Å². The molecule has 1 amide bonds. The van der Waals surface area contributed by atoms with Gasteiger partial charge in [0.15, 0.2) is 0 Å². The number of aromatic nitrogens is 2. The number of hydrogen-bond acceptors (Lipinski definition) is 4. The second-order valence-corrected chi connectivity index (χ2v) is 10.6. The molecule has 4 rings (SSSR count). The summed E-state index contributed by atoms with van der Waals surface area (Å²) in [6, 6.07) is 20.9. The lowest BCUT2D eigenvalue weighted by Crippen LogP contribution is -2.38. The highest BCUT2D eigenvalue weighted by Gasteiger charge is 2.27. The van der Waals surface area contributed by atoms with Crippen LogP contribution >= 0.6 is 0 Å². The van der Waals surface area contributed by atoms with Crippen LogP contribution in [0.1, 0.15) is 78.4 Å². The molecule has 0 saturated carbocycles. The molecule has 6 heteroatoms. The van der Waals surface area contributed by atoms with Crippen LogP contribution in [0.4, 0.5) is 0 Å². The van der Waals surface area contributed by atoms with E-state index in [9.17, 15) is 9.59 Å². The Kier molecular flexibility index (Phi) is 9.88. The summed E-state index contributed by atoms with van der Waals surface area (Å²) in [6.45, 7) is 9.25. The maximum absolute atomic E-state index is 14.0. The minimum absolute atomic E-state index is 0.0854. The molecule has 1 unspecified atom stereocenters. The fraction of sp³-hybridized carbons (Fsp3) is 0.382. The highest BCUT2D eigenvalue weighted by Crippen LogP contribution is 2.26. The van der Waals surface area contributed by atoms with Crippen LogP contribution in [-0.4, -0.2) is 40.6 Å². The van der Waals surface area contributed by atoms with Crippen LogP contribution in [0.25, 0.3) is 16.6 Å². The van der Waals surface area contributed by atoms with Crippen LogP contribution in [0, 0.1) is 13.8 Å². The van der Waals surface area contributed by atoms with Crippen molar-refractivity contribution in [2.24, 2.45) is 0 Å². The molecule has 1 aromatic heterocycles. The minimum Gasteiger partial charge on any atom is -0.385 e. The Labute approximate surface area is 237 Å². The summed E-state index contributed by atoms with van der Waals surface area (Å²) in [5, 5.41) is 0.549. The largest absolute Gasteiger partial charge is 0.385 e. The van der Waals surface area contributed by atoms with Gasteiger partial charge in [-0.05, 0) is 93.1 Å². The van der Waals surface area contributed by atoms with Gasteiger partial charge in [-0.25, -0.2) is 4.98 Å². The van der Waals surface area contributed by atoms with Crippen molar-refractivity contribution in [2.75, 3.05) is 20.3 Å². The smallest absolute Gasteiger partial charge is 0.266 e. The number of nitrogens with zero attached hydrogens (tertiary/aromatic N) is 3. The number of para-hydroxylation sites is 1. The van der Waals surface area contributed by atoms with E-state index in [1.165, 1.54) is 18.4 Å². The lowest BCUT2D eigenvalue weighted by atomic mass is 10.0. The molecule has 0 bridgehead atoms. The molecule has 210 valence electrons. The number of amides is 1. The third-order valence-corrected chi connectivity index (χ3v) is 7.67. The Bertz CT molecular complexity index is 1510. The van der Waals surface area contributed by atoms with E-state index in [1.54, 1.807) is 17.7 Å². The van der Waals surface area contributed by atoms with Crippen molar-refractivity contribution < 1.29 is 9.53 Å². The number of carbonyl (C=O) groups is 1. The van der Waals surface area contributed by atoms with E-state index >= 15 is 0 Å². The Morgan fingerprint density at radius 2 is 1.73 bits per heavy atom. The highest BCUT2D eigenvalue weighted by molar-refractivity contribution is 5.94. The van der Waals surface area contributed by atoms with Gasteiger partial charge in [-0.15, -0.1) is 0 Å². The van der Waals surface area contributed by atoms with E-state index in [-0.39, 0.29) is 11.5 Å². The van der Waals surface area contributed by atoms with E-state index < -0.39 is 6.04 Å². The number of aryl methyl sites for hydroxylation is 3. The van der Waals surface area contributed by atoms with Gasteiger partial charge in [0.2, 0.25) is 0 Å². The fourth-order valence-electron chi connectivity index (χ4n) is 5.09. The molecule has 0 radical (unpaired) electrons. The molecule has 0 aliphatic heterocycles. The SMILES string of the molecule is CCCCCc1ccc(C(=O)N(CCCOC)C(C)c2nc3ccccc3c(=O)n2-c2ccc(C)c(C)c2)cc1. The zero-order valence-corrected chi connectivity index (χ0v) is 24.4. The average molecular weight is 540 g/mol. The van der Waals surface area contributed by atoms with Crippen molar-refractivity contribution in [3.63, 3.8) is 0 Å².